The van der Waals surface area contributed by atoms with Gasteiger partial charge in [-0.3, -0.25) is 9.59 Å². The second-order valence-corrected chi connectivity index (χ2v) is 6.75. The van der Waals surface area contributed by atoms with Crippen LogP contribution in [0.15, 0.2) is 54.6 Å². The smallest absolute Gasteiger partial charge is 0.308 e. The van der Waals surface area contributed by atoms with Crippen molar-refractivity contribution < 1.29 is 19.4 Å². The maximum absolute atomic E-state index is 12.7. The summed E-state index contributed by atoms with van der Waals surface area (Å²) in [6.45, 7) is 1.62. The molecule has 4 unspecified atom stereocenters. The van der Waals surface area contributed by atoms with Crippen LogP contribution in [0.1, 0.15) is 36.4 Å². The quantitative estimate of drug-likeness (QED) is 0.800. The molecule has 1 saturated carbocycles. The SMILES string of the molecule is COc1cccc(C2CC2C(=O)NC(c2ccccc2)C(C)C(=O)O)c1. The summed E-state index contributed by atoms with van der Waals surface area (Å²) >= 11 is 0. The highest BCUT2D eigenvalue weighted by Crippen LogP contribution is 2.48. The van der Waals surface area contributed by atoms with Gasteiger partial charge in [0.2, 0.25) is 5.91 Å². The van der Waals surface area contributed by atoms with Gasteiger partial charge < -0.3 is 15.2 Å². The van der Waals surface area contributed by atoms with E-state index in [4.69, 9.17) is 4.74 Å². The first-order chi connectivity index (χ1) is 12.5. The van der Waals surface area contributed by atoms with E-state index in [9.17, 15) is 14.7 Å². The fourth-order valence-electron chi connectivity index (χ4n) is 3.29. The number of carboxylic acid groups (broad SMARTS) is 1. The van der Waals surface area contributed by atoms with Crippen LogP contribution >= 0.6 is 0 Å². The molecule has 2 N–H and O–H groups in total. The predicted octanol–water partition coefficient (Wildman–Crippen LogP) is 3.38. The van der Waals surface area contributed by atoms with E-state index < -0.39 is 17.9 Å². The van der Waals surface area contributed by atoms with Crippen LogP contribution in [0.3, 0.4) is 0 Å². The highest BCUT2D eigenvalue weighted by molar-refractivity contribution is 5.84. The second-order valence-electron chi connectivity index (χ2n) is 6.75. The Labute approximate surface area is 153 Å². The van der Waals surface area contributed by atoms with Gasteiger partial charge in [-0.15, -0.1) is 0 Å². The molecule has 136 valence electrons. The molecular weight excluding hydrogens is 330 g/mol. The highest BCUT2D eigenvalue weighted by atomic mass is 16.5. The van der Waals surface area contributed by atoms with Crippen molar-refractivity contribution in [3.8, 4) is 5.75 Å². The van der Waals surface area contributed by atoms with Crippen molar-refractivity contribution in [1.82, 2.24) is 5.32 Å². The van der Waals surface area contributed by atoms with E-state index >= 15 is 0 Å². The number of carbonyl (C=O) groups excluding carboxylic acids is 1. The molecule has 2 aromatic rings. The molecule has 2 aromatic carbocycles. The van der Waals surface area contributed by atoms with Gasteiger partial charge in [-0.2, -0.15) is 0 Å². The Kier molecular flexibility index (Phi) is 5.26. The summed E-state index contributed by atoms with van der Waals surface area (Å²) in [6, 6.07) is 16.4. The van der Waals surface area contributed by atoms with Crippen LogP contribution in [0.25, 0.3) is 0 Å². The van der Waals surface area contributed by atoms with Crippen molar-refractivity contribution in [2.75, 3.05) is 7.11 Å². The van der Waals surface area contributed by atoms with Crippen molar-refractivity contribution in [2.24, 2.45) is 11.8 Å². The van der Waals surface area contributed by atoms with Crippen LogP contribution in [0.2, 0.25) is 0 Å². The maximum atomic E-state index is 12.7. The van der Waals surface area contributed by atoms with Crippen LogP contribution in [-0.2, 0) is 9.59 Å². The zero-order valence-corrected chi connectivity index (χ0v) is 14.9. The van der Waals surface area contributed by atoms with E-state index in [0.717, 1.165) is 23.3 Å². The van der Waals surface area contributed by atoms with Crippen LogP contribution < -0.4 is 10.1 Å². The van der Waals surface area contributed by atoms with Gasteiger partial charge in [0, 0.05) is 5.92 Å². The summed E-state index contributed by atoms with van der Waals surface area (Å²) < 4.78 is 5.24. The molecule has 1 fully saturated rings. The lowest BCUT2D eigenvalue weighted by atomic mass is 9.94. The minimum Gasteiger partial charge on any atom is -0.497 e. The minimum atomic E-state index is -0.931. The van der Waals surface area contributed by atoms with Crippen molar-refractivity contribution >= 4 is 11.9 Å². The Balaban J connectivity index is 1.72. The lowest BCUT2D eigenvalue weighted by Gasteiger charge is -2.23. The number of methoxy groups -OCH3 is 1. The first kappa shape index (κ1) is 18.0. The third-order valence-corrected chi connectivity index (χ3v) is 5.00. The number of hydrogen-bond donors (Lipinski definition) is 2. The van der Waals surface area contributed by atoms with Gasteiger partial charge in [0.1, 0.15) is 5.75 Å². The topological polar surface area (TPSA) is 75.6 Å². The van der Waals surface area contributed by atoms with Gasteiger partial charge in [0.25, 0.3) is 0 Å². The van der Waals surface area contributed by atoms with E-state index in [1.165, 1.54) is 0 Å². The lowest BCUT2D eigenvalue weighted by molar-refractivity contribution is -0.142. The summed E-state index contributed by atoms with van der Waals surface area (Å²) in [5.41, 5.74) is 1.88. The van der Waals surface area contributed by atoms with Crippen molar-refractivity contribution in [2.45, 2.75) is 25.3 Å². The number of benzene rings is 2. The molecule has 1 aliphatic rings. The Bertz CT molecular complexity index is 790. The lowest BCUT2D eigenvalue weighted by Crippen LogP contribution is -2.36. The molecule has 26 heavy (non-hydrogen) atoms. The summed E-state index contributed by atoms with van der Waals surface area (Å²) in [4.78, 5) is 24.2. The number of amides is 1. The third-order valence-electron chi connectivity index (χ3n) is 5.00. The molecule has 0 aliphatic heterocycles. The van der Waals surface area contributed by atoms with E-state index in [1.807, 2.05) is 54.6 Å². The van der Waals surface area contributed by atoms with E-state index in [0.29, 0.717) is 0 Å². The van der Waals surface area contributed by atoms with E-state index in [1.54, 1.807) is 14.0 Å². The van der Waals surface area contributed by atoms with Crippen LogP contribution in [0, 0.1) is 11.8 Å². The van der Waals surface area contributed by atoms with Gasteiger partial charge in [0.05, 0.1) is 19.1 Å². The molecule has 0 radical (unpaired) electrons. The Morgan fingerprint density at radius 3 is 2.54 bits per heavy atom. The number of ether oxygens (including phenoxy) is 1. The van der Waals surface area contributed by atoms with Crippen LogP contribution in [-0.4, -0.2) is 24.1 Å². The summed E-state index contributed by atoms with van der Waals surface area (Å²) in [6.07, 6.45) is 0.766. The predicted molar refractivity (Wildman–Crippen MR) is 98.0 cm³/mol. The minimum absolute atomic E-state index is 0.0974. The maximum Gasteiger partial charge on any atom is 0.308 e. The van der Waals surface area contributed by atoms with Gasteiger partial charge >= 0.3 is 5.97 Å². The molecule has 1 amide bonds. The average Bonchev–Trinajstić information content (AvgIpc) is 3.47. The molecule has 3 rings (SSSR count). The van der Waals surface area contributed by atoms with E-state index in [2.05, 4.69) is 5.32 Å². The van der Waals surface area contributed by atoms with E-state index in [-0.39, 0.29) is 17.7 Å². The first-order valence-corrected chi connectivity index (χ1v) is 8.73. The monoisotopic (exact) mass is 353 g/mol. The molecule has 4 atom stereocenters. The van der Waals surface area contributed by atoms with Crippen molar-refractivity contribution in [1.29, 1.82) is 0 Å². The van der Waals surface area contributed by atoms with Gasteiger partial charge in [-0.1, -0.05) is 42.5 Å². The van der Waals surface area contributed by atoms with Gasteiger partial charge in [-0.05, 0) is 42.5 Å². The summed E-state index contributed by atoms with van der Waals surface area (Å²) in [5.74, 6) is -0.944. The fraction of sp³-hybridized carbons (Fsp3) is 0.333. The molecule has 5 nitrogen and oxygen atoms in total. The molecule has 0 saturated heterocycles. The number of carbonyl (C=O) groups is 2. The summed E-state index contributed by atoms with van der Waals surface area (Å²) in [5, 5.41) is 12.4. The summed E-state index contributed by atoms with van der Waals surface area (Å²) in [7, 11) is 1.62. The van der Waals surface area contributed by atoms with Crippen molar-refractivity contribution in [3.05, 3.63) is 65.7 Å². The Morgan fingerprint density at radius 2 is 1.88 bits per heavy atom. The first-order valence-electron chi connectivity index (χ1n) is 8.73. The number of rotatable bonds is 7. The number of carboxylic acids is 1. The molecule has 0 aromatic heterocycles. The number of hydrogen-bond acceptors (Lipinski definition) is 3. The molecular formula is C21H23NO4. The Hall–Kier alpha value is -2.82. The number of aliphatic carboxylic acids is 1. The standard InChI is InChI=1S/C21H23NO4/c1-13(21(24)25)19(14-7-4-3-5-8-14)22-20(23)18-12-17(18)15-9-6-10-16(11-15)26-2/h3-11,13,17-19H,12H2,1-2H3,(H,22,23)(H,24,25). The van der Waals surface area contributed by atoms with Crippen LogP contribution in [0.5, 0.6) is 5.75 Å². The van der Waals surface area contributed by atoms with Crippen molar-refractivity contribution in [3.63, 3.8) is 0 Å². The van der Waals surface area contributed by atoms with Crippen LogP contribution in [0.4, 0.5) is 0 Å². The normalized spacial score (nSPS) is 20.7. The average molecular weight is 353 g/mol. The van der Waals surface area contributed by atoms with Gasteiger partial charge in [-0.25, -0.2) is 0 Å². The molecule has 0 bridgehead atoms. The Morgan fingerprint density at radius 1 is 1.15 bits per heavy atom. The molecule has 1 aliphatic carbocycles. The fourth-order valence-corrected chi connectivity index (χ4v) is 3.29. The van der Waals surface area contributed by atoms with Gasteiger partial charge in [0.15, 0.2) is 0 Å². The highest BCUT2D eigenvalue weighted by Gasteiger charge is 2.45. The molecule has 5 heteroatoms. The molecule has 0 heterocycles. The zero-order valence-electron chi connectivity index (χ0n) is 14.9. The third kappa shape index (κ3) is 3.87. The molecule has 0 spiro atoms. The number of nitrogens with one attached hydrogen (secondary N) is 1. The second kappa shape index (κ2) is 7.60. The largest absolute Gasteiger partial charge is 0.497 e. The zero-order chi connectivity index (χ0) is 18.7.